The van der Waals surface area contributed by atoms with E-state index in [2.05, 4.69) is 15.5 Å². The third-order valence-corrected chi connectivity index (χ3v) is 6.02. The number of morpholine rings is 1. The molecular formula is C24H29Cl2N3O4. The zero-order valence-corrected chi connectivity index (χ0v) is 20.1. The first-order valence-electron chi connectivity index (χ1n) is 10.8. The largest absolute Gasteiger partial charge is 0.383 e. The van der Waals surface area contributed by atoms with Crippen LogP contribution >= 0.6 is 23.2 Å². The first-order chi connectivity index (χ1) is 15.9. The third kappa shape index (κ3) is 8.28. The molecule has 7 nitrogen and oxygen atoms in total. The molecule has 1 unspecified atom stereocenters. The number of hydrogen-bond acceptors (Lipinski definition) is 5. The van der Waals surface area contributed by atoms with Crippen LogP contribution in [-0.2, 0) is 27.2 Å². The Labute approximate surface area is 204 Å². The summed E-state index contributed by atoms with van der Waals surface area (Å²) in [4.78, 5) is 26.9. The fourth-order valence-electron chi connectivity index (χ4n) is 3.61. The van der Waals surface area contributed by atoms with Gasteiger partial charge in [0.05, 0.1) is 35.8 Å². The van der Waals surface area contributed by atoms with Crippen LogP contribution in [0.2, 0.25) is 10.0 Å². The van der Waals surface area contributed by atoms with E-state index in [9.17, 15) is 9.59 Å². The van der Waals surface area contributed by atoms with E-state index in [4.69, 9.17) is 32.7 Å². The molecule has 2 N–H and O–H groups in total. The van der Waals surface area contributed by atoms with Gasteiger partial charge in [0.2, 0.25) is 5.91 Å². The van der Waals surface area contributed by atoms with Crippen molar-refractivity contribution in [3.05, 3.63) is 69.2 Å². The summed E-state index contributed by atoms with van der Waals surface area (Å²) in [5.41, 5.74) is 2.38. The quantitative estimate of drug-likeness (QED) is 0.497. The first kappa shape index (κ1) is 25.5. The summed E-state index contributed by atoms with van der Waals surface area (Å²) in [7, 11) is 1.58. The number of nitrogens with one attached hydrogen (secondary N) is 2. The summed E-state index contributed by atoms with van der Waals surface area (Å²) in [5, 5.41) is 6.81. The van der Waals surface area contributed by atoms with Gasteiger partial charge < -0.3 is 20.1 Å². The number of carbonyl (C=O) groups excluding carboxylic acids is 2. The van der Waals surface area contributed by atoms with Gasteiger partial charge in [-0.3, -0.25) is 14.5 Å². The SMILES string of the molecule is COCCNC(=O)c1cccc(CC(=O)NCC2CN(Cc3ccc(Cl)c(Cl)c3)CCO2)c1. The van der Waals surface area contributed by atoms with Gasteiger partial charge in [0.1, 0.15) is 0 Å². The average Bonchev–Trinajstić information content (AvgIpc) is 2.81. The first-order valence-corrected chi connectivity index (χ1v) is 11.6. The molecule has 9 heteroatoms. The van der Waals surface area contributed by atoms with Crippen molar-refractivity contribution in [2.24, 2.45) is 0 Å². The maximum absolute atomic E-state index is 12.5. The van der Waals surface area contributed by atoms with E-state index in [1.54, 1.807) is 31.4 Å². The number of ether oxygens (including phenoxy) is 2. The number of rotatable bonds is 10. The maximum Gasteiger partial charge on any atom is 0.251 e. The zero-order chi connectivity index (χ0) is 23.6. The van der Waals surface area contributed by atoms with Crippen LogP contribution in [0.25, 0.3) is 0 Å². The van der Waals surface area contributed by atoms with Crippen LogP contribution in [0.15, 0.2) is 42.5 Å². The highest BCUT2D eigenvalue weighted by atomic mass is 35.5. The molecule has 2 aromatic carbocycles. The Balaban J connectivity index is 1.45. The fourth-order valence-corrected chi connectivity index (χ4v) is 3.93. The van der Waals surface area contributed by atoms with Gasteiger partial charge in [0.15, 0.2) is 0 Å². The molecule has 1 fully saturated rings. The second-order valence-corrected chi connectivity index (χ2v) is 8.72. The molecule has 1 aliphatic rings. The minimum absolute atomic E-state index is 0.0941. The molecule has 0 saturated carbocycles. The number of carbonyl (C=O) groups is 2. The average molecular weight is 494 g/mol. The van der Waals surface area contributed by atoms with Gasteiger partial charge in [0, 0.05) is 45.4 Å². The Hall–Kier alpha value is -2.16. The summed E-state index contributed by atoms with van der Waals surface area (Å²) in [6.45, 7) is 4.16. The number of benzene rings is 2. The molecule has 0 aliphatic carbocycles. The van der Waals surface area contributed by atoms with E-state index >= 15 is 0 Å². The number of amides is 2. The van der Waals surface area contributed by atoms with Crippen LogP contribution in [0.4, 0.5) is 0 Å². The molecule has 0 aromatic heterocycles. The van der Waals surface area contributed by atoms with Crippen molar-refractivity contribution in [2.45, 2.75) is 19.1 Å². The van der Waals surface area contributed by atoms with Gasteiger partial charge in [-0.15, -0.1) is 0 Å². The van der Waals surface area contributed by atoms with Crippen molar-refractivity contribution in [1.82, 2.24) is 15.5 Å². The molecule has 1 atom stereocenters. The Morgan fingerprint density at radius 2 is 1.97 bits per heavy atom. The zero-order valence-electron chi connectivity index (χ0n) is 18.6. The molecule has 3 rings (SSSR count). The van der Waals surface area contributed by atoms with E-state index in [0.717, 1.165) is 24.2 Å². The molecule has 0 radical (unpaired) electrons. The topological polar surface area (TPSA) is 79.9 Å². The molecule has 1 heterocycles. The van der Waals surface area contributed by atoms with Crippen LogP contribution in [0, 0.1) is 0 Å². The molecule has 0 bridgehead atoms. The Kier molecular flexibility index (Phi) is 9.96. The number of nitrogens with zero attached hydrogens (tertiary/aromatic N) is 1. The molecular weight excluding hydrogens is 465 g/mol. The minimum Gasteiger partial charge on any atom is -0.383 e. The minimum atomic E-state index is -0.188. The van der Waals surface area contributed by atoms with Crippen LogP contribution < -0.4 is 10.6 Å². The van der Waals surface area contributed by atoms with Crippen molar-refractivity contribution in [1.29, 1.82) is 0 Å². The highest BCUT2D eigenvalue weighted by Crippen LogP contribution is 2.23. The Morgan fingerprint density at radius 1 is 1.12 bits per heavy atom. The van der Waals surface area contributed by atoms with Crippen LogP contribution in [0.1, 0.15) is 21.5 Å². The van der Waals surface area contributed by atoms with Gasteiger partial charge in [-0.25, -0.2) is 0 Å². The van der Waals surface area contributed by atoms with Gasteiger partial charge in [-0.2, -0.15) is 0 Å². The summed E-state index contributed by atoms with van der Waals surface area (Å²) in [6, 6.07) is 12.7. The number of hydrogen-bond donors (Lipinski definition) is 2. The number of methoxy groups -OCH3 is 1. The molecule has 2 aromatic rings. The Bertz CT molecular complexity index is 957. The standard InChI is InChI=1S/C24H29Cl2N3O4/c1-32-9-7-27-24(31)19-4-2-3-17(11-19)13-23(30)28-14-20-16-29(8-10-33-20)15-18-5-6-21(25)22(26)12-18/h2-6,11-12,20H,7-10,13-16H2,1H3,(H,27,31)(H,28,30). The molecule has 1 saturated heterocycles. The summed E-state index contributed by atoms with van der Waals surface area (Å²) < 4.78 is 10.8. The Morgan fingerprint density at radius 3 is 2.76 bits per heavy atom. The van der Waals surface area contributed by atoms with Crippen molar-refractivity contribution < 1.29 is 19.1 Å². The summed E-state index contributed by atoms with van der Waals surface area (Å²) in [6.07, 6.45) is 0.0992. The summed E-state index contributed by atoms with van der Waals surface area (Å²) in [5.74, 6) is -0.302. The molecule has 0 spiro atoms. The predicted octanol–water partition coefficient (Wildman–Crippen LogP) is 2.93. The van der Waals surface area contributed by atoms with Crippen molar-refractivity contribution >= 4 is 35.0 Å². The lowest BCUT2D eigenvalue weighted by Crippen LogP contribution is -2.47. The second kappa shape index (κ2) is 12.9. The van der Waals surface area contributed by atoms with E-state index in [0.29, 0.717) is 48.5 Å². The van der Waals surface area contributed by atoms with E-state index in [-0.39, 0.29) is 24.3 Å². The van der Waals surface area contributed by atoms with Gasteiger partial charge in [-0.1, -0.05) is 41.4 Å². The monoisotopic (exact) mass is 493 g/mol. The normalized spacial score (nSPS) is 16.4. The molecule has 33 heavy (non-hydrogen) atoms. The van der Waals surface area contributed by atoms with Gasteiger partial charge >= 0.3 is 0 Å². The van der Waals surface area contributed by atoms with Crippen molar-refractivity contribution in [2.75, 3.05) is 46.5 Å². The lowest BCUT2D eigenvalue weighted by Gasteiger charge is -2.33. The summed E-state index contributed by atoms with van der Waals surface area (Å²) >= 11 is 12.1. The van der Waals surface area contributed by atoms with Crippen molar-refractivity contribution in [3.8, 4) is 0 Å². The van der Waals surface area contributed by atoms with E-state index in [1.165, 1.54) is 0 Å². The second-order valence-electron chi connectivity index (χ2n) is 7.91. The number of halogens is 2. The van der Waals surface area contributed by atoms with Gasteiger partial charge in [0.25, 0.3) is 5.91 Å². The fraction of sp³-hybridized carbons (Fsp3) is 0.417. The highest BCUT2D eigenvalue weighted by Gasteiger charge is 2.21. The van der Waals surface area contributed by atoms with Gasteiger partial charge in [-0.05, 0) is 35.4 Å². The third-order valence-electron chi connectivity index (χ3n) is 5.29. The van der Waals surface area contributed by atoms with Crippen LogP contribution in [-0.4, -0.2) is 69.3 Å². The van der Waals surface area contributed by atoms with Crippen molar-refractivity contribution in [3.63, 3.8) is 0 Å². The molecule has 1 aliphatic heterocycles. The highest BCUT2D eigenvalue weighted by molar-refractivity contribution is 6.42. The van der Waals surface area contributed by atoms with Crippen LogP contribution in [0.3, 0.4) is 0 Å². The lowest BCUT2D eigenvalue weighted by atomic mass is 10.1. The molecule has 2 amide bonds. The van der Waals surface area contributed by atoms with E-state index < -0.39 is 0 Å². The van der Waals surface area contributed by atoms with E-state index in [1.807, 2.05) is 18.2 Å². The smallest absolute Gasteiger partial charge is 0.251 e. The maximum atomic E-state index is 12.5. The molecule has 178 valence electrons. The van der Waals surface area contributed by atoms with Crippen LogP contribution in [0.5, 0.6) is 0 Å². The predicted molar refractivity (Wildman–Crippen MR) is 129 cm³/mol. The lowest BCUT2D eigenvalue weighted by molar-refractivity contribution is -0.121.